The molecule has 4 fully saturated rings. The highest BCUT2D eigenvalue weighted by molar-refractivity contribution is 5.83. The number of quaternary nitrogens is 2. The van der Waals surface area contributed by atoms with Gasteiger partial charge in [0.2, 0.25) is 6.17 Å². The fourth-order valence-electron chi connectivity index (χ4n) is 7.52. The molecule has 4 aromatic rings. The second-order valence-electron chi connectivity index (χ2n) is 10.2. The summed E-state index contributed by atoms with van der Waals surface area (Å²) in [6.07, 6.45) is 2.25. The molecular formula is C28H29N3O+2. The van der Waals surface area contributed by atoms with Crippen molar-refractivity contribution in [2.45, 2.75) is 23.1 Å². The Morgan fingerprint density at radius 1 is 0.688 bits per heavy atom. The molecular weight excluding hydrogens is 394 g/mol. The van der Waals surface area contributed by atoms with Crippen LogP contribution >= 0.6 is 0 Å². The molecule has 5 heterocycles. The van der Waals surface area contributed by atoms with Crippen molar-refractivity contribution in [2.75, 3.05) is 26.2 Å². The summed E-state index contributed by atoms with van der Waals surface area (Å²) in [6, 6.07) is 30.3. The summed E-state index contributed by atoms with van der Waals surface area (Å²) in [5.74, 6) is 0. The van der Waals surface area contributed by atoms with Gasteiger partial charge in [0.15, 0.2) is 0 Å². The maximum absolute atomic E-state index is 12.1. The standard InChI is InChI=1S/C28H27N3O/c32-26-27(20-9-3-1-4-10-20)16-30-18-28(26,21-11-5-2-6-12-21)19-31(17-27)25(30)23-15-29-24-14-8-7-13-22(23)24/h1-15,25-26,29,32H,16-19H2/p+2. The predicted octanol–water partition coefficient (Wildman–Crippen LogP) is 1.21. The second kappa shape index (κ2) is 6.55. The first-order valence-electron chi connectivity index (χ1n) is 11.8. The van der Waals surface area contributed by atoms with Crippen molar-refractivity contribution in [2.24, 2.45) is 0 Å². The Labute approximate surface area is 188 Å². The van der Waals surface area contributed by atoms with Crippen LogP contribution in [0.1, 0.15) is 22.9 Å². The number of hydrogen-bond donors (Lipinski definition) is 4. The minimum absolute atomic E-state index is 0.221. The van der Waals surface area contributed by atoms with Gasteiger partial charge in [-0.15, -0.1) is 0 Å². The number of benzene rings is 3. The molecule has 4 nitrogen and oxygen atoms in total. The molecule has 4 aliphatic heterocycles. The fraction of sp³-hybridized carbons (Fsp3) is 0.286. The summed E-state index contributed by atoms with van der Waals surface area (Å²) in [7, 11) is 0. The van der Waals surface area contributed by atoms with E-state index in [9.17, 15) is 5.11 Å². The van der Waals surface area contributed by atoms with Crippen LogP contribution in [0.15, 0.2) is 91.1 Å². The van der Waals surface area contributed by atoms with Gasteiger partial charge < -0.3 is 10.1 Å². The Hall–Kier alpha value is -2.92. The largest absolute Gasteiger partial charge is 0.390 e. The van der Waals surface area contributed by atoms with Gasteiger partial charge in [0, 0.05) is 17.1 Å². The first kappa shape index (κ1) is 18.6. The maximum atomic E-state index is 12.1. The zero-order chi connectivity index (χ0) is 21.3. The lowest BCUT2D eigenvalue weighted by Crippen LogP contribution is -3.42. The quantitative estimate of drug-likeness (QED) is 0.393. The van der Waals surface area contributed by atoms with E-state index in [1.165, 1.54) is 27.6 Å². The Balaban J connectivity index is 1.41. The van der Waals surface area contributed by atoms with Crippen molar-refractivity contribution in [3.8, 4) is 0 Å². The number of aliphatic hydroxyl groups excluding tert-OH is 1. The fourth-order valence-corrected chi connectivity index (χ4v) is 7.52. The number of piperidine rings is 2. The highest BCUT2D eigenvalue weighted by Crippen LogP contribution is 2.44. The number of nitrogens with one attached hydrogen (secondary N) is 3. The molecule has 4 bridgehead atoms. The van der Waals surface area contributed by atoms with Gasteiger partial charge in [-0.2, -0.15) is 0 Å². The van der Waals surface area contributed by atoms with Gasteiger partial charge in [-0.25, -0.2) is 0 Å². The van der Waals surface area contributed by atoms with Crippen LogP contribution in [-0.4, -0.2) is 42.4 Å². The number of para-hydroxylation sites is 1. The average molecular weight is 424 g/mol. The van der Waals surface area contributed by atoms with Gasteiger partial charge in [-0.3, -0.25) is 9.80 Å². The van der Waals surface area contributed by atoms with Crippen LogP contribution < -0.4 is 9.80 Å². The third kappa shape index (κ3) is 2.32. The monoisotopic (exact) mass is 423 g/mol. The number of rotatable bonds is 3. The molecule has 1 aromatic heterocycles. The molecule has 0 spiro atoms. The van der Waals surface area contributed by atoms with Crippen molar-refractivity contribution >= 4 is 10.9 Å². The third-order valence-electron chi connectivity index (χ3n) is 8.66. The van der Waals surface area contributed by atoms with Crippen LogP contribution in [0.4, 0.5) is 0 Å². The van der Waals surface area contributed by atoms with E-state index in [1.54, 1.807) is 9.80 Å². The van der Waals surface area contributed by atoms with E-state index in [1.807, 2.05) is 0 Å². The number of aromatic nitrogens is 1. The lowest BCUT2D eigenvalue weighted by Gasteiger charge is -2.64. The van der Waals surface area contributed by atoms with E-state index >= 15 is 0 Å². The molecule has 0 unspecified atom stereocenters. The SMILES string of the molecule is OC1C2(c3ccccc3)C[NH+]3CC1(c1ccccc1)C[NH+](C2)C3c1c[nH]c2ccccc12. The Morgan fingerprint density at radius 2 is 1.19 bits per heavy atom. The third-order valence-corrected chi connectivity index (χ3v) is 8.66. The van der Waals surface area contributed by atoms with Gasteiger partial charge in [-0.05, 0) is 17.2 Å². The number of aromatic amines is 1. The first-order chi connectivity index (χ1) is 15.7. The highest BCUT2D eigenvalue weighted by atomic mass is 16.3. The minimum atomic E-state index is -0.379. The van der Waals surface area contributed by atoms with Crippen molar-refractivity contribution in [1.29, 1.82) is 0 Å². The van der Waals surface area contributed by atoms with Crippen LogP contribution in [-0.2, 0) is 10.8 Å². The van der Waals surface area contributed by atoms with Crippen LogP contribution in [0.2, 0.25) is 0 Å². The smallest absolute Gasteiger partial charge is 0.242 e. The summed E-state index contributed by atoms with van der Waals surface area (Å²) >= 11 is 0. The molecule has 4 aliphatic rings. The molecule has 4 saturated heterocycles. The van der Waals surface area contributed by atoms with Crippen LogP contribution in [0.25, 0.3) is 10.9 Å². The molecule has 0 radical (unpaired) electrons. The molecule has 0 aliphatic carbocycles. The summed E-state index contributed by atoms with van der Waals surface area (Å²) < 4.78 is 0. The second-order valence-corrected chi connectivity index (χ2v) is 10.2. The lowest BCUT2D eigenvalue weighted by atomic mass is 9.54. The van der Waals surface area contributed by atoms with Gasteiger partial charge in [0.25, 0.3) is 0 Å². The van der Waals surface area contributed by atoms with E-state index in [0.717, 1.165) is 26.2 Å². The Bertz CT molecular complexity index is 1210. The Morgan fingerprint density at radius 3 is 1.75 bits per heavy atom. The Kier molecular flexibility index (Phi) is 3.81. The summed E-state index contributed by atoms with van der Waals surface area (Å²) in [6.45, 7) is 3.89. The number of hydrogen-bond acceptors (Lipinski definition) is 1. The predicted molar refractivity (Wildman–Crippen MR) is 125 cm³/mol. The number of H-pyrrole nitrogens is 1. The van der Waals surface area contributed by atoms with E-state index in [0.29, 0.717) is 6.17 Å². The molecule has 0 atom stereocenters. The van der Waals surface area contributed by atoms with Crippen molar-refractivity contribution in [3.63, 3.8) is 0 Å². The molecule has 3 aromatic carbocycles. The lowest BCUT2D eigenvalue weighted by molar-refractivity contribution is -1.18. The zero-order valence-electron chi connectivity index (χ0n) is 18.1. The summed E-state index contributed by atoms with van der Waals surface area (Å²) in [4.78, 5) is 6.71. The van der Waals surface area contributed by atoms with E-state index in [-0.39, 0.29) is 16.9 Å². The van der Waals surface area contributed by atoms with Crippen LogP contribution in [0.5, 0.6) is 0 Å². The van der Waals surface area contributed by atoms with Crippen LogP contribution in [0, 0.1) is 0 Å². The topological polar surface area (TPSA) is 44.9 Å². The van der Waals surface area contributed by atoms with Crippen LogP contribution in [0.3, 0.4) is 0 Å². The van der Waals surface area contributed by atoms with Crippen molar-refractivity contribution < 1.29 is 14.9 Å². The normalized spacial score (nSPS) is 35.4. The van der Waals surface area contributed by atoms with Crippen molar-refractivity contribution in [1.82, 2.24) is 4.98 Å². The minimum Gasteiger partial charge on any atom is -0.390 e. The molecule has 0 saturated carbocycles. The zero-order valence-corrected chi connectivity index (χ0v) is 18.1. The van der Waals surface area contributed by atoms with E-state index in [4.69, 9.17) is 0 Å². The number of aliphatic hydroxyl groups is 1. The molecule has 32 heavy (non-hydrogen) atoms. The van der Waals surface area contributed by atoms with Gasteiger partial charge >= 0.3 is 0 Å². The molecule has 160 valence electrons. The van der Waals surface area contributed by atoms with E-state index in [2.05, 4.69) is 96.1 Å². The van der Waals surface area contributed by atoms with Gasteiger partial charge in [0.05, 0.1) is 37.8 Å². The molecule has 4 N–H and O–H groups in total. The highest BCUT2D eigenvalue weighted by Gasteiger charge is 2.72. The number of fused-ring (bicyclic) bond motifs is 1. The first-order valence-corrected chi connectivity index (χ1v) is 11.8. The molecule has 4 heteroatoms. The van der Waals surface area contributed by atoms with Gasteiger partial charge in [-0.1, -0.05) is 78.9 Å². The average Bonchev–Trinajstić information content (AvgIpc) is 3.26. The molecule has 8 rings (SSSR count). The maximum Gasteiger partial charge on any atom is 0.242 e. The summed E-state index contributed by atoms with van der Waals surface area (Å²) in [5, 5.41) is 13.4. The van der Waals surface area contributed by atoms with E-state index < -0.39 is 0 Å². The summed E-state index contributed by atoms with van der Waals surface area (Å²) in [5.41, 5.74) is 4.78. The molecule has 0 amide bonds. The van der Waals surface area contributed by atoms with Crippen molar-refractivity contribution in [3.05, 3.63) is 108 Å². The van der Waals surface area contributed by atoms with Gasteiger partial charge in [0.1, 0.15) is 10.8 Å².